The molecule has 0 aliphatic heterocycles. The van der Waals surface area contributed by atoms with Crippen molar-refractivity contribution in [2.75, 3.05) is 7.11 Å². The molecule has 0 amide bonds. The monoisotopic (exact) mass is 274 g/mol. The topological polar surface area (TPSA) is 27.7 Å². The largest absolute Gasteiger partial charge is 0.484 e. The summed E-state index contributed by atoms with van der Waals surface area (Å²) in [4.78, 5) is 0. The summed E-state index contributed by atoms with van der Waals surface area (Å²) in [5, 5.41) is 0. The fourth-order valence-electron chi connectivity index (χ4n) is 1.66. The Morgan fingerprint density at radius 1 is 0.737 bits per heavy atom. The summed E-state index contributed by atoms with van der Waals surface area (Å²) in [7, 11) is -0.421. The van der Waals surface area contributed by atoms with E-state index in [0.29, 0.717) is 13.2 Å². The molecular weight excluding hydrogens is 256 g/mol. The van der Waals surface area contributed by atoms with Crippen molar-refractivity contribution < 1.29 is 13.3 Å². The van der Waals surface area contributed by atoms with E-state index in [4.69, 9.17) is 13.3 Å². The molecule has 0 unspecified atom stereocenters. The third-order valence-electron chi connectivity index (χ3n) is 2.65. The minimum absolute atomic E-state index is 0.528. The van der Waals surface area contributed by atoms with E-state index in [1.807, 2.05) is 60.7 Å². The molecule has 0 fully saturated rings. The Bertz CT molecular complexity index is 418. The van der Waals surface area contributed by atoms with Crippen LogP contribution in [0.3, 0.4) is 0 Å². The van der Waals surface area contributed by atoms with Gasteiger partial charge in [0.1, 0.15) is 0 Å². The fourth-order valence-corrected chi connectivity index (χ4v) is 2.69. The quantitative estimate of drug-likeness (QED) is 0.727. The van der Waals surface area contributed by atoms with Crippen LogP contribution in [0, 0.1) is 0 Å². The first-order valence-corrected chi connectivity index (χ1v) is 7.64. The van der Waals surface area contributed by atoms with Crippen molar-refractivity contribution in [2.24, 2.45) is 0 Å². The molecule has 0 bridgehead atoms. The van der Waals surface area contributed by atoms with Crippen LogP contribution in [0.2, 0.25) is 0 Å². The van der Waals surface area contributed by atoms with Crippen LogP contribution in [-0.2, 0) is 26.5 Å². The Morgan fingerprint density at radius 2 is 1.16 bits per heavy atom. The van der Waals surface area contributed by atoms with Gasteiger partial charge in [0.15, 0.2) is 0 Å². The molecule has 2 aromatic carbocycles. The van der Waals surface area contributed by atoms with E-state index in [0.717, 1.165) is 11.1 Å². The maximum atomic E-state index is 5.69. The number of benzene rings is 2. The van der Waals surface area contributed by atoms with Crippen molar-refractivity contribution in [3.05, 3.63) is 71.8 Å². The number of hydrogen-bond acceptors (Lipinski definition) is 3. The molecule has 2 aromatic rings. The maximum Gasteiger partial charge on any atom is 0.484 e. The van der Waals surface area contributed by atoms with Gasteiger partial charge in [-0.25, -0.2) is 0 Å². The Hall–Kier alpha value is -1.46. The Morgan fingerprint density at radius 3 is 1.53 bits per heavy atom. The number of rotatable bonds is 7. The van der Waals surface area contributed by atoms with E-state index in [1.165, 1.54) is 0 Å². The Kier molecular flexibility index (Phi) is 5.77. The SMILES string of the molecule is CO[SiH](OCc1ccccc1)OCc1ccccc1. The second-order valence-corrected chi connectivity index (χ2v) is 5.83. The van der Waals surface area contributed by atoms with Crippen molar-refractivity contribution in [1.29, 1.82) is 0 Å². The lowest BCUT2D eigenvalue weighted by Crippen LogP contribution is -2.25. The van der Waals surface area contributed by atoms with Gasteiger partial charge < -0.3 is 13.3 Å². The Balaban J connectivity index is 1.77. The minimum Gasteiger partial charge on any atom is -0.379 e. The number of hydrogen-bond donors (Lipinski definition) is 0. The van der Waals surface area contributed by atoms with Crippen molar-refractivity contribution in [3.8, 4) is 0 Å². The van der Waals surface area contributed by atoms with E-state index in [1.54, 1.807) is 7.11 Å². The van der Waals surface area contributed by atoms with Gasteiger partial charge in [-0.3, -0.25) is 0 Å². The first-order chi connectivity index (χ1) is 9.38. The lowest BCUT2D eigenvalue weighted by atomic mass is 10.2. The molecule has 0 heterocycles. The fraction of sp³-hybridized carbons (Fsp3) is 0.200. The summed E-state index contributed by atoms with van der Waals surface area (Å²) in [6, 6.07) is 20.0. The predicted octanol–water partition coefficient (Wildman–Crippen LogP) is 2.78. The first kappa shape index (κ1) is 14.0. The summed E-state index contributed by atoms with van der Waals surface area (Å²) < 4.78 is 16.7. The van der Waals surface area contributed by atoms with E-state index in [9.17, 15) is 0 Å². The lowest BCUT2D eigenvalue weighted by molar-refractivity contribution is 0.100. The normalized spacial score (nSPS) is 10.8. The van der Waals surface area contributed by atoms with Gasteiger partial charge in [-0.1, -0.05) is 60.7 Å². The third-order valence-corrected chi connectivity index (χ3v) is 3.91. The zero-order valence-corrected chi connectivity index (χ0v) is 12.1. The lowest BCUT2D eigenvalue weighted by Gasteiger charge is -2.14. The van der Waals surface area contributed by atoms with Crippen LogP contribution >= 0.6 is 0 Å². The third kappa shape index (κ3) is 4.96. The zero-order chi connectivity index (χ0) is 13.3. The molecular formula is C15H18O3Si. The van der Waals surface area contributed by atoms with Gasteiger partial charge in [0.2, 0.25) is 0 Å². The van der Waals surface area contributed by atoms with Gasteiger partial charge in [0.25, 0.3) is 0 Å². The van der Waals surface area contributed by atoms with Crippen LogP contribution in [-0.4, -0.2) is 16.6 Å². The summed E-state index contributed by atoms with van der Waals surface area (Å²) in [6.45, 7) is 1.06. The molecule has 4 heteroatoms. The van der Waals surface area contributed by atoms with Crippen LogP contribution in [0.15, 0.2) is 60.7 Å². The molecule has 100 valence electrons. The average molecular weight is 274 g/mol. The van der Waals surface area contributed by atoms with Crippen LogP contribution in [0.1, 0.15) is 11.1 Å². The molecule has 0 aliphatic rings. The molecule has 2 rings (SSSR count). The van der Waals surface area contributed by atoms with Gasteiger partial charge in [0.05, 0.1) is 13.2 Å². The summed E-state index contributed by atoms with van der Waals surface area (Å²) in [5.74, 6) is 0. The van der Waals surface area contributed by atoms with Gasteiger partial charge in [-0.2, -0.15) is 0 Å². The highest BCUT2D eigenvalue weighted by atomic mass is 28.3. The van der Waals surface area contributed by atoms with E-state index < -0.39 is 9.53 Å². The molecule has 0 spiro atoms. The van der Waals surface area contributed by atoms with Gasteiger partial charge in [0, 0.05) is 7.11 Å². The minimum atomic E-state index is -2.05. The van der Waals surface area contributed by atoms with Gasteiger partial charge in [-0.05, 0) is 11.1 Å². The molecule has 19 heavy (non-hydrogen) atoms. The second-order valence-electron chi connectivity index (χ2n) is 4.12. The highest BCUT2D eigenvalue weighted by Gasteiger charge is 2.13. The van der Waals surface area contributed by atoms with Crippen molar-refractivity contribution in [3.63, 3.8) is 0 Å². The second kappa shape index (κ2) is 7.86. The standard InChI is InChI=1S/C15H18O3Si/c1-16-19(17-12-14-8-4-2-5-9-14)18-13-15-10-6-3-7-11-15/h2-11,19H,12-13H2,1H3. The molecule has 0 saturated heterocycles. The highest BCUT2D eigenvalue weighted by molar-refractivity contribution is 6.36. The van der Waals surface area contributed by atoms with Crippen LogP contribution < -0.4 is 0 Å². The van der Waals surface area contributed by atoms with E-state index in [2.05, 4.69) is 0 Å². The zero-order valence-electron chi connectivity index (χ0n) is 11.0. The molecule has 0 aromatic heterocycles. The highest BCUT2D eigenvalue weighted by Crippen LogP contribution is 2.06. The van der Waals surface area contributed by atoms with E-state index >= 15 is 0 Å². The predicted molar refractivity (Wildman–Crippen MR) is 76.6 cm³/mol. The molecule has 0 atom stereocenters. The van der Waals surface area contributed by atoms with Crippen molar-refractivity contribution >= 4 is 9.53 Å². The molecule has 0 aliphatic carbocycles. The smallest absolute Gasteiger partial charge is 0.379 e. The summed E-state index contributed by atoms with van der Waals surface area (Å²) in [6.07, 6.45) is 0. The summed E-state index contributed by atoms with van der Waals surface area (Å²) >= 11 is 0. The van der Waals surface area contributed by atoms with E-state index in [-0.39, 0.29) is 0 Å². The average Bonchev–Trinajstić information content (AvgIpc) is 2.49. The molecule has 0 N–H and O–H groups in total. The van der Waals surface area contributed by atoms with Crippen LogP contribution in [0.5, 0.6) is 0 Å². The Labute approximate surface area is 115 Å². The molecule has 0 saturated carbocycles. The van der Waals surface area contributed by atoms with Crippen LogP contribution in [0.25, 0.3) is 0 Å². The van der Waals surface area contributed by atoms with Gasteiger partial charge in [-0.15, -0.1) is 0 Å². The first-order valence-electron chi connectivity index (χ1n) is 6.22. The van der Waals surface area contributed by atoms with Crippen molar-refractivity contribution in [2.45, 2.75) is 13.2 Å². The maximum absolute atomic E-state index is 5.69. The van der Waals surface area contributed by atoms with Gasteiger partial charge >= 0.3 is 9.53 Å². The van der Waals surface area contributed by atoms with Crippen molar-refractivity contribution in [1.82, 2.24) is 0 Å². The van der Waals surface area contributed by atoms with Crippen LogP contribution in [0.4, 0.5) is 0 Å². The molecule has 0 radical (unpaired) electrons. The summed E-state index contributed by atoms with van der Waals surface area (Å²) in [5.41, 5.74) is 2.25. The molecule has 3 nitrogen and oxygen atoms in total.